The van der Waals surface area contributed by atoms with Crippen LogP contribution in [0.1, 0.15) is 17.0 Å². The predicted octanol–water partition coefficient (Wildman–Crippen LogP) is 2.62. The third-order valence-corrected chi connectivity index (χ3v) is 4.43. The molecular formula is C12H10ClN3O3S. The van der Waals surface area contributed by atoms with Gasteiger partial charge in [-0.25, -0.2) is 8.42 Å². The molecule has 0 fully saturated rings. The summed E-state index contributed by atoms with van der Waals surface area (Å²) in [5.41, 5.74) is 0.528. The van der Waals surface area contributed by atoms with Gasteiger partial charge in [-0.05, 0) is 32.0 Å². The minimum Gasteiger partial charge on any atom is -0.360 e. The number of hydrogen-bond donors (Lipinski definition) is 1. The van der Waals surface area contributed by atoms with Gasteiger partial charge >= 0.3 is 0 Å². The first-order valence-electron chi connectivity index (χ1n) is 5.50. The summed E-state index contributed by atoms with van der Waals surface area (Å²) in [5, 5.41) is 12.9. The maximum Gasteiger partial charge on any atom is 0.267 e. The number of anilines is 1. The van der Waals surface area contributed by atoms with E-state index in [2.05, 4.69) is 9.88 Å². The molecule has 0 bridgehead atoms. The monoisotopic (exact) mass is 311 g/mol. The van der Waals surface area contributed by atoms with Crippen LogP contribution in [-0.2, 0) is 10.0 Å². The second-order valence-corrected chi connectivity index (χ2v) is 6.12. The van der Waals surface area contributed by atoms with E-state index in [9.17, 15) is 8.42 Å². The molecule has 0 amide bonds. The topological polar surface area (TPSA) is 96.0 Å². The van der Waals surface area contributed by atoms with E-state index in [0.717, 1.165) is 0 Å². The molecule has 20 heavy (non-hydrogen) atoms. The quantitative estimate of drug-likeness (QED) is 0.940. The van der Waals surface area contributed by atoms with Gasteiger partial charge in [0.1, 0.15) is 11.8 Å². The highest BCUT2D eigenvalue weighted by molar-refractivity contribution is 7.92. The van der Waals surface area contributed by atoms with E-state index in [4.69, 9.17) is 21.4 Å². The first kappa shape index (κ1) is 14.4. The fraction of sp³-hybridized carbons (Fsp3) is 0.167. The van der Waals surface area contributed by atoms with Crippen LogP contribution in [0.4, 0.5) is 5.69 Å². The molecule has 1 N–H and O–H groups in total. The van der Waals surface area contributed by atoms with E-state index in [1.54, 1.807) is 0 Å². The molecule has 2 rings (SSSR count). The maximum absolute atomic E-state index is 12.3. The van der Waals surface area contributed by atoms with Gasteiger partial charge in [0.05, 0.1) is 11.3 Å². The number of sulfonamides is 1. The summed E-state index contributed by atoms with van der Waals surface area (Å²) in [6.45, 7) is 3.02. The molecule has 1 heterocycles. The van der Waals surface area contributed by atoms with Crippen molar-refractivity contribution in [2.75, 3.05) is 4.72 Å². The number of benzene rings is 1. The van der Waals surface area contributed by atoms with Gasteiger partial charge in [0, 0.05) is 5.02 Å². The standard InChI is InChI=1S/C12H10ClN3O3S/c1-7-12(8(2)19-15-7)20(17,18)16-11-5-10(13)4-3-9(11)6-14/h3-5,16H,1-2H3. The Morgan fingerprint density at radius 2 is 2.10 bits per heavy atom. The SMILES string of the molecule is Cc1noc(C)c1S(=O)(=O)Nc1cc(Cl)ccc1C#N. The Hall–Kier alpha value is -2.04. The van der Waals surface area contributed by atoms with Crippen molar-refractivity contribution < 1.29 is 12.9 Å². The fourth-order valence-corrected chi connectivity index (χ4v) is 3.33. The third-order valence-electron chi connectivity index (χ3n) is 2.58. The Balaban J connectivity index is 2.50. The van der Waals surface area contributed by atoms with E-state index in [1.165, 1.54) is 32.0 Å². The number of aryl methyl sites for hydroxylation is 2. The second kappa shape index (κ2) is 5.15. The van der Waals surface area contributed by atoms with Gasteiger partial charge in [0.2, 0.25) is 0 Å². The number of rotatable bonds is 3. The summed E-state index contributed by atoms with van der Waals surface area (Å²) in [5.74, 6) is 0.176. The Morgan fingerprint density at radius 3 is 2.65 bits per heavy atom. The van der Waals surface area contributed by atoms with Crippen LogP contribution in [-0.4, -0.2) is 13.6 Å². The molecular weight excluding hydrogens is 302 g/mol. The summed E-state index contributed by atoms with van der Waals surface area (Å²) in [4.78, 5) is -0.0404. The molecule has 0 saturated heterocycles. The van der Waals surface area contributed by atoms with Gasteiger partial charge < -0.3 is 4.52 Å². The number of aromatic nitrogens is 1. The van der Waals surface area contributed by atoms with Gasteiger partial charge in [-0.2, -0.15) is 5.26 Å². The van der Waals surface area contributed by atoms with Gasteiger partial charge in [-0.15, -0.1) is 0 Å². The molecule has 8 heteroatoms. The Morgan fingerprint density at radius 1 is 1.40 bits per heavy atom. The van der Waals surface area contributed by atoms with Crippen LogP contribution in [0.5, 0.6) is 0 Å². The van der Waals surface area contributed by atoms with Crippen LogP contribution < -0.4 is 4.72 Å². The Kier molecular flexibility index (Phi) is 3.70. The van der Waals surface area contributed by atoms with Crippen molar-refractivity contribution in [1.82, 2.24) is 5.16 Å². The molecule has 0 spiro atoms. The zero-order valence-electron chi connectivity index (χ0n) is 10.6. The highest BCUT2D eigenvalue weighted by Crippen LogP contribution is 2.26. The lowest BCUT2D eigenvalue weighted by Crippen LogP contribution is -2.15. The average Bonchev–Trinajstić information content (AvgIpc) is 2.69. The van der Waals surface area contributed by atoms with Crippen molar-refractivity contribution in [1.29, 1.82) is 5.26 Å². The molecule has 0 radical (unpaired) electrons. The largest absolute Gasteiger partial charge is 0.360 e. The molecule has 1 aromatic carbocycles. The summed E-state index contributed by atoms with van der Waals surface area (Å²) < 4.78 is 31.8. The molecule has 0 atom stereocenters. The van der Waals surface area contributed by atoms with Gasteiger partial charge in [0.25, 0.3) is 10.0 Å². The molecule has 0 aliphatic carbocycles. The van der Waals surface area contributed by atoms with E-state index in [1.807, 2.05) is 6.07 Å². The minimum absolute atomic E-state index is 0.0404. The molecule has 6 nitrogen and oxygen atoms in total. The van der Waals surface area contributed by atoms with E-state index in [0.29, 0.717) is 5.02 Å². The van der Waals surface area contributed by atoms with E-state index < -0.39 is 10.0 Å². The molecule has 2 aromatic rings. The lowest BCUT2D eigenvalue weighted by molar-refractivity contribution is 0.390. The zero-order chi connectivity index (χ0) is 14.9. The van der Waals surface area contributed by atoms with Crippen molar-refractivity contribution in [2.24, 2.45) is 0 Å². The molecule has 0 aliphatic heterocycles. The number of nitriles is 1. The normalized spacial score (nSPS) is 11.1. The van der Waals surface area contributed by atoms with Crippen LogP contribution in [0, 0.1) is 25.2 Å². The van der Waals surface area contributed by atoms with Crippen molar-refractivity contribution in [3.05, 3.63) is 40.2 Å². The third kappa shape index (κ3) is 2.61. The number of nitrogens with one attached hydrogen (secondary N) is 1. The van der Waals surface area contributed by atoms with Crippen LogP contribution in [0.25, 0.3) is 0 Å². The second-order valence-electron chi connectivity index (χ2n) is 4.06. The fourth-order valence-electron chi connectivity index (χ4n) is 1.75. The van der Waals surface area contributed by atoms with Crippen molar-refractivity contribution in [3.63, 3.8) is 0 Å². The maximum atomic E-state index is 12.3. The van der Waals surface area contributed by atoms with Crippen LogP contribution >= 0.6 is 11.6 Å². The molecule has 0 aliphatic rings. The van der Waals surface area contributed by atoms with Crippen LogP contribution in [0.2, 0.25) is 5.02 Å². The first-order chi connectivity index (χ1) is 9.35. The number of halogens is 1. The molecule has 0 saturated carbocycles. The minimum atomic E-state index is -3.90. The number of nitrogens with zero attached hydrogens (tertiary/aromatic N) is 2. The molecule has 1 aromatic heterocycles. The molecule has 0 unspecified atom stereocenters. The average molecular weight is 312 g/mol. The van der Waals surface area contributed by atoms with E-state index in [-0.39, 0.29) is 27.6 Å². The zero-order valence-corrected chi connectivity index (χ0v) is 12.2. The van der Waals surface area contributed by atoms with Gasteiger partial charge in [-0.1, -0.05) is 16.8 Å². The number of hydrogen-bond acceptors (Lipinski definition) is 5. The lowest BCUT2D eigenvalue weighted by Gasteiger charge is -2.09. The van der Waals surface area contributed by atoms with E-state index >= 15 is 0 Å². The van der Waals surface area contributed by atoms with Crippen molar-refractivity contribution in [3.8, 4) is 6.07 Å². The van der Waals surface area contributed by atoms with Crippen LogP contribution in [0.3, 0.4) is 0 Å². The first-order valence-corrected chi connectivity index (χ1v) is 7.36. The van der Waals surface area contributed by atoms with Crippen LogP contribution in [0.15, 0.2) is 27.6 Å². The van der Waals surface area contributed by atoms with Gasteiger partial charge in [-0.3, -0.25) is 4.72 Å². The summed E-state index contributed by atoms with van der Waals surface area (Å²) in [7, 11) is -3.90. The van der Waals surface area contributed by atoms with Gasteiger partial charge in [0.15, 0.2) is 10.7 Å². The lowest BCUT2D eigenvalue weighted by atomic mass is 10.2. The predicted molar refractivity (Wildman–Crippen MR) is 73.0 cm³/mol. The molecule has 104 valence electrons. The van der Waals surface area contributed by atoms with Crippen molar-refractivity contribution in [2.45, 2.75) is 18.7 Å². The highest BCUT2D eigenvalue weighted by atomic mass is 35.5. The summed E-state index contributed by atoms with van der Waals surface area (Å²) in [6.07, 6.45) is 0. The summed E-state index contributed by atoms with van der Waals surface area (Å²) >= 11 is 5.81. The Labute approximate surface area is 121 Å². The Bertz CT molecular complexity index is 786. The smallest absolute Gasteiger partial charge is 0.267 e. The highest BCUT2D eigenvalue weighted by Gasteiger charge is 2.25. The summed E-state index contributed by atoms with van der Waals surface area (Å²) in [6, 6.07) is 6.21. The van der Waals surface area contributed by atoms with Crippen molar-refractivity contribution >= 4 is 27.3 Å².